The average Bonchev–Trinajstić information content (AvgIpc) is 2.30. The number of hydrogen-bond acceptors (Lipinski definition) is 2. The van der Waals surface area contributed by atoms with Crippen LogP contribution in [0.1, 0.15) is 89.0 Å². The van der Waals surface area contributed by atoms with Gasteiger partial charge in [0.2, 0.25) is 0 Å². The molecule has 0 aliphatic rings. The molecule has 2 nitrogen and oxygen atoms in total. The lowest BCUT2D eigenvalue weighted by atomic mass is 9.75. The van der Waals surface area contributed by atoms with E-state index in [0.29, 0.717) is 5.92 Å². The Hall–Kier alpha value is -0.660. The maximum absolute atomic E-state index is 4.71. The van der Waals surface area contributed by atoms with Crippen molar-refractivity contribution >= 4 is 12.4 Å². The van der Waals surface area contributed by atoms with Crippen molar-refractivity contribution in [3.63, 3.8) is 0 Å². The van der Waals surface area contributed by atoms with Gasteiger partial charge in [-0.2, -0.15) is 0 Å². The first-order valence-electron chi connectivity index (χ1n) is 8.67. The molecular formula is C20H40N2. The molecule has 0 saturated heterocycles. The predicted octanol–water partition coefficient (Wildman–Crippen LogP) is 6.19. The highest BCUT2D eigenvalue weighted by atomic mass is 14.8. The van der Waals surface area contributed by atoms with Gasteiger partial charge in [-0.1, -0.05) is 34.6 Å². The molecule has 0 aliphatic heterocycles. The summed E-state index contributed by atoms with van der Waals surface area (Å²) in [5.41, 5.74) is 0.306. The van der Waals surface area contributed by atoms with Gasteiger partial charge < -0.3 is 0 Å². The minimum atomic E-state index is 0.00955. The van der Waals surface area contributed by atoms with E-state index in [-0.39, 0.29) is 21.9 Å². The molecular weight excluding hydrogens is 268 g/mol. The fourth-order valence-electron chi connectivity index (χ4n) is 1.88. The smallest absolute Gasteiger partial charge is 0.0520 e. The predicted molar refractivity (Wildman–Crippen MR) is 102 cm³/mol. The summed E-state index contributed by atoms with van der Waals surface area (Å²) in [4.78, 5) is 9.40. The molecule has 130 valence electrons. The van der Waals surface area contributed by atoms with Crippen molar-refractivity contribution in [2.45, 2.75) is 100 Å². The van der Waals surface area contributed by atoms with Gasteiger partial charge in [0.1, 0.15) is 0 Å². The molecule has 0 amide bonds. The van der Waals surface area contributed by atoms with E-state index < -0.39 is 0 Å². The van der Waals surface area contributed by atoms with Crippen LogP contribution in [0.4, 0.5) is 0 Å². The van der Waals surface area contributed by atoms with Crippen molar-refractivity contribution in [2.24, 2.45) is 26.7 Å². The molecule has 0 rings (SSSR count). The van der Waals surface area contributed by atoms with Crippen molar-refractivity contribution in [3.8, 4) is 0 Å². The van der Waals surface area contributed by atoms with Gasteiger partial charge in [0, 0.05) is 17.8 Å². The third-order valence-corrected chi connectivity index (χ3v) is 4.08. The highest BCUT2D eigenvalue weighted by Gasteiger charge is 2.27. The third kappa shape index (κ3) is 10.1. The minimum absolute atomic E-state index is 0.00955. The number of aliphatic imine (C=N–C) groups is 2. The lowest BCUT2D eigenvalue weighted by Gasteiger charge is -2.31. The van der Waals surface area contributed by atoms with Crippen LogP contribution in [0.15, 0.2) is 9.98 Å². The highest BCUT2D eigenvalue weighted by molar-refractivity contribution is 5.66. The quantitative estimate of drug-likeness (QED) is 0.522. The van der Waals surface area contributed by atoms with Crippen molar-refractivity contribution in [3.05, 3.63) is 0 Å². The Morgan fingerprint density at radius 1 is 0.727 bits per heavy atom. The zero-order chi connectivity index (χ0) is 17.8. The number of rotatable bonds is 6. The van der Waals surface area contributed by atoms with Crippen molar-refractivity contribution in [1.29, 1.82) is 0 Å². The van der Waals surface area contributed by atoms with Gasteiger partial charge in [0.15, 0.2) is 0 Å². The van der Waals surface area contributed by atoms with E-state index in [9.17, 15) is 0 Å². The lowest BCUT2D eigenvalue weighted by Crippen LogP contribution is -2.27. The van der Waals surface area contributed by atoms with Crippen molar-refractivity contribution in [1.82, 2.24) is 0 Å². The molecule has 0 heterocycles. The molecule has 1 atom stereocenters. The Bertz CT molecular complexity index is 387. The van der Waals surface area contributed by atoms with E-state index in [1.54, 1.807) is 0 Å². The maximum atomic E-state index is 4.71. The zero-order valence-corrected chi connectivity index (χ0v) is 17.0. The van der Waals surface area contributed by atoms with Gasteiger partial charge in [0.25, 0.3) is 0 Å². The first-order chi connectivity index (χ1) is 9.54. The molecule has 2 heteroatoms. The second-order valence-corrected chi connectivity index (χ2v) is 10.1. The summed E-state index contributed by atoms with van der Waals surface area (Å²) in [5, 5.41) is 0. The first kappa shape index (κ1) is 21.3. The Morgan fingerprint density at radius 2 is 1.14 bits per heavy atom. The van der Waals surface area contributed by atoms with E-state index in [2.05, 4.69) is 93.6 Å². The van der Waals surface area contributed by atoms with E-state index >= 15 is 0 Å². The van der Waals surface area contributed by atoms with E-state index in [1.165, 1.54) is 6.42 Å². The fourth-order valence-corrected chi connectivity index (χ4v) is 1.88. The van der Waals surface area contributed by atoms with Gasteiger partial charge in [-0.25, -0.2) is 0 Å². The Kier molecular flexibility index (Phi) is 7.06. The molecule has 0 N–H and O–H groups in total. The Morgan fingerprint density at radius 3 is 1.55 bits per heavy atom. The molecule has 0 spiro atoms. The molecule has 0 aromatic heterocycles. The number of hydrogen-bond donors (Lipinski definition) is 0. The monoisotopic (exact) mass is 308 g/mol. The van der Waals surface area contributed by atoms with Gasteiger partial charge >= 0.3 is 0 Å². The molecule has 22 heavy (non-hydrogen) atoms. The molecule has 0 aromatic rings. The largest absolute Gasteiger partial charge is 0.291 e. The molecule has 0 bridgehead atoms. The van der Waals surface area contributed by atoms with Gasteiger partial charge in [0.05, 0.1) is 11.1 Å². The van der Waals surface area contributed by atoms with Crippen LogP contribution < -0.4 is 0 Å². The maximum Gasteiger partial charge on any atom is 0.0520 e. The lowest BCUT2D eigenvalue weighted by molar-refractivity contribution is 0.286. The van der Waals surface area contributed by atoms with Gasteiger partial charge in [-0.3, -0.25) is 9.98 Å². The van der Waals surface area contributed by atoms with Crippen LogP contribution in [0.25, 0.3) is 0 Å². The molecule has 0 saturated carbocycles. The van der Waals surface area contributed by atoms with E-state index in [1.807, 2.05) is 0 Å². The summed E-state index contributed by atoms with van der Waals surface area (Å²) in [6.07, 6.45) is 6.65. The molecule has 0 fully saturated rings. The van der Waals surface area contributed by atoms with E-state index in [0.717, 1.165) is 6.42 Å². The first-order valence-corrected chi connectivity index (χ1v) is 8.67. The van der Waals surface area contributed by atoms with Crippen LogP contribution in [0, 0.1) is 16.7 Å². The van der Waals surface area contributed by atoms with Crippen LogP contribution in [0.3, 0.4) is 0 Å². The summed E-state index contributed by atoms with van der Waals surface area (Å²) in [5.74, 6) is 0.598. The second kappa shape index (κ2) is 7.27. The summed E-state index contributed by atoms with van der Waals surface area (Å²) >= 11 is 0. The third-order valence-electron chi connectivity index (χ3n) is 4.08. The molecule has 0 radical (unpaired) electrons. The number of nitrogens with zero attached hydrogens (tertiary/aromatic N) is 2. The van der Waals surface area contributed by atoms with Crippen molar-refractivity contribution in [2.75, 3.05) is 0 Å². The topological polar surface area (TPSA) is 24.7 Å². The molecule has 0 aliphatic carbocycles. The summed E-state index contributed by atoms with van der Waals surface area (Å²) in [7, 11) is 0. The van der Waals surface area contributed by atoms with Crippen LogP contribution in [0.2, 0.25) is 0 Å². The average molecular weight is 309 g/mol. The van der Waals surface area contributed by atoms with Gasteiger partial charge in [-0.05, 0) is 65.7 Å². The zero-order valence-electron chi connectivity index (χ0n) is 17.0. The normalized spacial score (nSPS) is 16.7. The van der Waals surface area contributed by atoms with Gasteiger partial charge in [-0.15, -0.1) is 0 Å². The summed E-state index contributed by atoms with van der Waals surface area (Å²) < 4.78 is 0. The fraction of sp³-hybridized carbons (Fsp3) is 0.900. The van der Waals surface area contributed by atoms with Crippen LogP contribution >= 0.6 is 0 Å². The summed E-state index contributed by atoms with van der Waals surface area (Å²) in [6.45, 7) is 24.4. The standard InChI is InChI=1S/C20H40N2/c1-16(20(10,11)15-22-18(5,6)7)12-13-19(8,9)14-21-17(2,3)4/h14-16H,12-13H2,1-11H3. The van der Waals surface area contributed by atoms with E-state index in [4.69, 9.17) is 4.99 Å². The summed E-state index contributed by atoms with van der Waals surface area (Å²) in [6, 6.07) is 0. The molecule has 1 unspecified atom stereocenters. The Balaban J connectivity index is 4.69. The van der Waals surface area contributed by atoms with Crippen LogP contribution in [-0.2, 0) is 0 Å². The SMILES string of the molecule is CC(CCC(C)(C)C=NC(C)(C)C)C(C)(C)C=NC(C)(C)C. The Labute approximate surface area is 139 Å². The van der Waals surface area contributed by atoms with Crippen LogP contribution in [0.5, 0.6) is 0 Å². The highest BCUT2D eigenvalue weighted by Crippen LogP contribution is 2.33. The van der Waals surface area contributed by atoms with Crippen LogP contribution in [-0.4, -0.2) is 23.5 Å². The molecule has 0 aromatic carbocycles. The van der Waals surface area contributed by atoms with Crippen molar-refractivity contribution < 1.29 is 0 Å². The minimum Gasteiger partial charge on any atom is -0.291 e. The second-order valence-electron chi connectivity index (χ2n) is 10.1.